The Morgan fingerprint density at radius 2 is 2.40 bits per heavy atom. The van der Waals surface area contributed by atoms with E-state index in [0.29, 0.717) is 0 Å². The predicted octanol–water partition coefficient (Wildman–Crippen LogP) is -0.828. The summed E-state index contributed by atoms with van der Waals surface area (Å²) < 4.78 is 0. The molecule has 54 valence electrons. The van der Waals surface area contributed by atoms with Crippen molar-refractivity contribution >= 4 is 23.2 Å². The van der Waals surface area contributed by atoms with Crippen LogP contribution >= 0.6 is 12.2 Å². The molecule has 0 saturated carbocycles. The number of terminal acetylenes is 1. The van der Waals surface area contributed by atoms with E-state index in [1.807, 2.05) is 5.92 Å². The molecule has 4 nitrogen and oxygen atoms in total. The minimum absolute atomic E-state index is 0.0467. The van der Waals surface area contributed by atoms with Gasteiger partial charge in [-0.25, -0.2) is 5.48 Å². The van der Waals surface area contributed by atoms with Crippen LogP contribution < -0.4 is 10.8 Å². The molecule has 0 spiro atoms. The van der Waals surface area contributed by atoms with Crippen molar-refractivity contribution in [3.63, 3.8) is 0 Å². The Labute approximate surface area is 63.9 Å². The standard InChI is InChI=1S/C5H6N2O2S/c1-3-4(8)6-5(10)7-9-2/h1H,2H3,(H2,6,7,8,10). The molecule has 0 aromatic rings. The van der Waals surface area contributed by atoms with E-state index in [-0.39, 0.29) is 5.11 Å². The van der Waals surface area contributed by atoms with Crippen molar-refractivity contribution in [2.75, 3.05) is 7.11 Å². The quantitative estimate of drug-likeness (QED) is 0.297. The third-order valence-electron chi connectivity index (χ3n) is 0.553. The van der Waals surface area contributed by atoms with E-state index in [1.165, 1.54) is 7.11 Å². The van der Waals surface area contributed by atoms with Gasteiger partial charge in [-0.1, -0.05) is 0 Å². The molecule has 0 rings (SSSR count). The maximum absolute atomic E-state index is 10.4. The summed E-state index contributed by atoms with van der Waals surface area (Å²) >= 11 is 4.53. The van der Waals surface area contributed by atoms with Gasteiger partial charge in [0.1, 0.15) is 0 Å². The zero-order valence-electron chi connectivity index (χ0n) is 5.30. The van der Waals surface area contributed by atoms with E-state index in [4.69, 9.17) is 6.42 Å². The van der Waals surface area contributed by atoms with E-state index >= 15 is 0 Å². The molecule has 10 heavy (non-hydrogen) atoms. The number of carbonyl (C=O) groups excluding carboxylic acids is 1. The second-order valence-electron chi connectivity index (χ2n) is 1.23. The van der Waals surface area contributed by atoms with Gasteiger partial charge in [0, 0.05) is 0 Å². The highest BCUT2D eigenvalue weighted by Gasteiger charge is 1.97. The molecular formula is C5H6N2O2S. The fraction of sp³-hybridized carbons (Fsp3) is 0.200. The summed E-state index contributed by atoms with van der Waals surface area (Å²) in [4.78, 5) is 14.7. The van der Waals surface area contributed by atoms with Crippen molar-refractivity contribution < 1.29 is 9.63 Å². The van der Waals surface area contributed by atoms with Gasteiger partial charge in [0.2, 0.25) is 0 Å². The Balaban J connectivity index is 3.60. The maximum Gasteiger partial charge on any atom is 0.301 e. The minimum Gasteiger partial charge on any atom is -0.290 e. The van der Waals surface area contributed by atoms with Crippen molar-refractivity contribution in [1.82, 2.24) is 10.8 Å². The van der Waals surface area contributed by atoms with Crippen LogP contribution in [0.5, 0.6) is 0 Å². The Hall–Kier alpha value is -1.12. The third kappa shape index (κ3) is 3.83. The summed E-state index contributed by atoms with van der Waals surface area (Å²) in [5, 5.41) is 2.20. The van der Waals surface area contributed by atoms with Crippen LogP contribution in [0.1, 0.15) is 0 Å². The molecule has 1 amide bonds. The van der Waals surface area contributed by atoms with Crippen molar-refractivity contribution in [2.24, 2.45) is 0 Å². The first-order valence-electron chi connectivity index (χ1n) is 2.31. The van der Waals surface area contributed by atoms with Gasteiger partial charge >= 0.3 is 5.91 Å². The second kappa shape index (κ2) is 4.73. The van der Waals surface area contributed by atoms with E-state index in [9.17, 15) is 4.79 Å². The Morgan fingerprint density at radius 3 is 2.80 bits per heavy atom. The van der Waals surface area contributed by atoms with Crippen molar-refractivity contribution in [1.29, 1.82) is 0 Å². The molecule has 0 aromatic carbocycles. The molecule has 0 aliphatic rings. The molecule has 0 bridgehead atoms. The summed E-state index contributed by atoms with van der Waals surface area (Å²) in [6.07, 6.45) is 4.73. The first kappa shape index (κ1) is 8.88. The van der Waals surface area contributed by atoms with E-state index in [2.05, 4.69) is 27.9 Å². The van der Waals surface area contributed by atoms with E-state index in [0.717, 1.165) is 0 Å². The zero-order valence-corrected chi connectivity index (χ0v) is 6.12. The van der Waals surface area contributed by atoms with Gasteiger partial charge in [0.05, 0.1) is 7.11 Å². The van der Waals surface area contributed by atoms with Gasteiger partial charge in [-0.2, -0.15) is 0 Å². The molecule has 0 aliphatic carbocycles. The molecule has 5 heteroatoms. The lowest BCUT2D eigenvalue weighted by Gasteiger charge is -2.02. The average molecular weight is 158 g/mol. The lowest BCUT2D eigenvalue weighted by Crippen LogP contribution is -2.37. The number of hydrogen-bond donors (Lipinski definition) is 2. The topological polar surface area (TPSA) is 50.4 Å². The van der Waals surface area contributed by atoms with Crippen LogP contribution in [0.25, 0.3) is 0 Å². The normalized spacial score (nSPS) is 7.60. The van der Waals surface area contributed by atoms with Crippen molar-refractivity contribution in [2.45, 2.75) is 0 Å². The Kier molecular flexibility index (Phi) is 4.20. The number of amides is 1. The summed E-state index contributed by atoms with van der Waals surface area (Å²) in [5.41, 5.74) is 2.21. The lowest BCUT2D eigenvalue weighted by atomic mass is 10.6. The summed E-state index contributed by atoms with van der Waals surface area (Å²) in [6.45, 7) is 0. The monoisotopic (exact) mass is 158 g/mol. The number of nitrogens with one attached hydrogen (secondary N) is 2. The fourth-order valence-corrected chi connectivity index (χ4v) is 0.433. The third-order valence-corrected chi connectivity index (χ3v) is 0.738. The van der Waals surface area contributed by atoms with Gasteiger partial charge < -0.3 is 0 Å². The van der Waals surface area contributed by atoms with Crippen LogP contribution in [0.2, 0.25) is 0 Å². The molecule has 0 heterocycles. The van der Waals surface area contributed by atoms with Crippen LogP contribution in [0.4, 0.5) is 0 Å². The first-order valence-corrected chi connectivity index (χ1v) is 2.72. The fourth-order valence-electron chi connectivity index (χ4n) is 0.257. The van der Waals surface area contributed by atoms with Crippen molar-refractivity contribution in [3.8, 4) is 12.3 Å². The van der Waals surface area contributed by atoms with Crippen molar-refractivity contribution in [3.05, 3.63) is 0 Å². The predicted molar refractivity (Wildman–Crippen MR) is 39.7 cm³/mol. The molecule has 0 aliphatic heterocycles. The molecule has 0 atom stereocenters. The highest BCUT2D eigenvalue weighted by molar-refractivity contribution is 7.80. The van der Waals surface area contributed by atoms with Gasteiger partial charge in [-0.15, -0.1) is 6.42 Å². The smallest absolute Gasteiger partial charge is 0.290 e. The summed E-state index contributed by atoms with van der Waals surface area (Å²) in [6, 6.07) is 0. The van der Waals surface area contributed by atoms with Crippen LogP contribution in [0.3, 0.4) is 0 Å². The Bertz CT molecular complexity index is 185. The zero-order chi connectivity index (χ0) is 7.98. The molecule has 0 saturated heterocycles. The SMILES string of the molecule is C#CC(=O)NC(=S)NOC. The van der Waals surface area contributed by atoms with Crippen LogP contribution in [0.15, 0.2) is 0 Å². The first-order chi connectivity index (χ1) is 4.70. The minimum atomic E-state index is -0.602. The molecule has 0 fully saturated rings. The summed E-state index contributed by atoms with van der Waals surface area (Å²) in [5.74, 6) is 1.22. The number of thiocarbonyl (C=S) groups is 1. The summed E-state index contributed by atoms with van der Waals surface area (Å²) in [7, 11) is 1.37. The van der Waals surface area contributed by atoms with E-state index < -0.39 is 5.91 Å². The van der Waals surface area contributed by atoms with Gasteiger partial charge in [-0.05, 0) is 18.1 Å². The van der Waals surface area contributed by atoms with Crippen LogP contribution in [-0.4, -0.2) is 18.1 Å². The van der Waals surface area contributed by atoms with Crippen LogP contribution in [0, 0.1) is 12.3 Å². The second-order valence-corrected chi connectivity index (χ2v) is 1.64. The number of hydrogen-bond acceptors (Lipinski definition) is 3. The lowest BCUT2D eigenvalue weighted by molar-refractivity contribution is -0.114. The highest BCUT2D eigenvalue weighted by atomic mass is 32.1. The molecule has 0 unspecified atom stereocenters. The Morgan fingerprint density at radius 1 is 1.80 bits per heavy atom. The van der Waals surface area contributed by atoms with Gasteiger partial charge in [0.15, 0.2) is 5.11 Å². The largest absolute Gasteiger partial charge is 0.301 e. The maximum atomic E-state index is 10.4. The molecule has 0 radical (unpaired) electrons. The molecule has 2 N–H and O–H groups in total. The van der Waals surface area contributed by atoms with Gasteiger partial charge in [-0.3, -0.25) is 14.9 Å². The highest BCUT2D eigenvalue weighted by Crippen LogP contribution is 1.65. The van der Waals surface area contributed by atoms with Crippen LogP contribution in [-0.2, 0) is 9.63 Å². The number of hydroxylamine groups is 1. The molecule has 0 aromatic heterocycles. The van der Waals surface area contributed by atoms with E-state index in [1.54, 1.807) is 0 Å². The molecular weight excluding hydrogens is 152 g/mol. The number of carbonyl (C=O) groups is 1. The average Bonchev–Trinajstić information content (AvgIpc) is 1.88. The number of rotatable bonds is 1. The van der Waals surface area contributed by atoms with Gasteiger partial charge in [0.25, 0.3) is 0 Å².